The molecule has 6 heterocycles. The summed E-state index contributed by atoms with van der Waals surface area (Å²) in [5, 5.41) is 75.4. The third kappa shape index (κ3) is 12.6. The maximum Gasteiger partial charge on any atom is 0.247 e. The lowest BCUT2D eigenvalue weighted by atomic mass is 9.91. The molecule has 2 saturated heterocycles. The number of benzene rings is 4. The molecule has 2 aliphatic heterocycles. The van der Waals surface area contributed by atoms with Crippen molar-refractivity contribution >= 4 is 58.2 Å². The average molecular weight is 1270 g/mol. The number of nitrogens with zero attached hydrogens (tertiary/aromatic N) is 12. The summed E-state index contributed by atoms with van der Waals surface area (Å²) in [6, 6.07) is 8.66. The van der Waals surface area contributed by atoms with Crippen LogP contribution in [0.5, 0.6) is 0 Å². The van der Waals surface area contributed by atoms with Crippen molar-refractivity contribution in [3.05, 3.63) is 151 Å². The van der Waals surface area contributed by atoms with Gasteiger partial charge in [0, 0.05) is 21.2 Å². The molecular formula is C51H44Cl4F6N14O10. The van der Waals surface area contributed by atoms with E-state index in [4.69, 9.17) is 65.4 Å². The topological polar surface area (TPSA) is 299 Å². The second-order valence-electron chi connectivity index (χ2n) is 19.2. The Bertz CT molecular complexity index is 3520. The Morgan fingerprint density at radius 1 is 0.600 bits per heavy atom. The predicted molar refractivity (Wildman–Crippen MR) is 283 cm³/mol. The maximum absolute atomic E-state index is 14.4. The number of rotatable bonds is 18. The Labute approximate surface area is 494 Å². The lowest BCUT2D eigenvalue weighted by Crippen LogP contribution is -2.55. The molecule has 85 heavy (non-hydrogen) atoms. The second kappa shape index (κ2) is 25.4. The summed E-state index contributed by atoms with van der Waals surface area (Å²) in [6.07, 6.45) is -10.1. The number of hydrogen-bond acceptors (Lipinski definition) is 18. The SMILES string of the molecule is Cc1nc(C2OC(CO)C(O)C(n3cc(-c4cc(F)c(F)c(F)c4)nn3)C2OCC(=O)NCNC(=O)COC2C(c3nc(C)nn3-c3cc(Cl)ccc3Cl)OC(CO)C(O)C2n2cc(-c3cc(F)c(F)c(F)c3)nn2)n(-c2cc(Cl)ccc2Cl)n1. The molecule has 2 fully saturated rings. The summed E-state index contributed by atoms with van der Waals surface area (Å²) in [6.45, 7) is -0.904. The van der Waals surface area contributed by atoms with Gasteiger partial charge in [-0.05, 0) is 74.5 Å². The van der Waals surface area contributed by atoms with Crippen molar-refractivity contribution in [1.29, 1.82) is 0 Å². The van der Waals surface area contributed by atoms with Crippen LogP contribution in [0.1, 0.15) is 47.6 Å². The maximum atomic E-state index is 14.4. The molecule has 34 heteroatoms. The van der Waals surface area contributed by atoms with Crippen molar-refractivity contribution < 1.29 is 75.3 Å². The molecule has 4 aromatic heterocycles. The first kappa shape index (κ1) is 60.9. The van der Waals surface area contributed by atoms with Crippen molar-refractivity contribution in [2.24, 2.45) is 0 Å². The molecule has 6 N–H and O–H groups in total. The Kier molecular flexibility index (Phi) is 18.2. The highest BCUT2D eigenvalue weighted by molar-refractivity contribution is 6.35. The number of aromatic nitrogens is 12. The summed E-state index contributed by atoms with van der Waals surface area (Å²) in [7, 11) is 0. The van der Waals surface area contributed by atoms with Gasteiger partial charge in [0.1, 0.15) is 97.2 Å². The molecule has 8 aromatic rings. The van der Waals surface area contributed by atoms with Crippen molar-refractivity contribution in [2.45, 2.75) is 74.8 Å². The molecule has 24 nitrogen and oxygen atoms in total. The second-order valence-corrected chi connectivity index (χ2v) is 20.9. The van der Waals surface area contributed by atoms with Crippen molar-refractivity contribution in [3.8, 4) is 33.9 Å². The molecular weight excluding hydrogens is 1220 g/mol. The highest BCUT2D eigenvalue weighted by Gasteiger charge is 2.52. The minimum atomic E-state index is -1.74. The van der Waals surface area contributed by atoms with Crippen molar-refractivity contribution in [2.75, 3.05) is 33.1 Å². The Morgan fingerprint density at radius 3 is 1.34 bits per heavy atom. The molecule has 4 aromatic carbocycles. The number of halogens is 10. The van der Waals surface area contributed by atoms with Crippen LogP contribution >= 0.6 is 46.4 Å². The fraction of sp³-hybridized carbons (Fsp3) is 0.333. The lowest BCUT2D eigenvalue weighted by molar-refractivity contribution is -0.223. The minimum absolute atomic E-state index is 0.0449. The van der Waals surface area contributed by atoms with Gasteiger partial charge in [0.2, 0.25) is 11.8 Å². The molecule has 0 bridgehead atoms. The molecule has 0 saturated carbocycles. The van der Waals surface area contributed by atoms with Gasteiger partial charge in [-0.25, -0.2) is 55.0 Å². The third-order valence-electron chi connectivity index (χ3n) is 13.6. The van der Waals surface area contributed by atoms with E-state index in [9.17, 15) is 56.4 Å². The third-order valence-corrected chi connectivity index (χ3v) is 14.7. The first-order valence-corrected chi connectivity index (χ1v) is 26.7. The van der Waals surface area contributed by atoms with Gasteiger partial charge in [0.15, 0.2) is 46.6 Å². The van der Waals surface area contributed by atoms with Gasteiger partial charge in [-0.1, -0.05) is 56.8 Å². The van der Waals surface area contributed by atoms with E-state index in [0.29, 0.717) is 24.3 Å². The summed E-state index contributed by atoms with van der Waals surface area (Å²) in [5.41, 5.74) is -0.499. The molecule has 0 spiro atoms. The number of hydrogen-bond donors (Lipinski definition) is 6. The van der Waals surface area contributed by atoms with Crippen LogP contribution in [0.3, 0.4) is 0 Å². The molecule has 2 aliphatic rings. The van der Waals surface area contributed by atoms with Gasteiger partial charge in [-0.3, -0.25) is 9.59 Å². The average Bonchev–Trinajstić information content (AvgIpc) is 2.65. The zero-order chi connectivity index (χ0) is 60.7. The van der Waals surface area contributed by atoms with Gasteiger partial charge < -0.3 is 50.0 Å². The molecule has 2 amide bonds. The van der Waals surface area contributed by atoms with E-state index in [-0.39, 0.29) is 77.3 Å². The van der Waals surface area contributed by atoms with E-state index in [0.717, 1.165) is 21.8 Å². The van der Waals surface area contributed by atoms with Crippen LogP contribution < -0.4 is 10.6 Å². The Balaban J connectivity index is 0.904. The monoisotopic (exact) mass is 1270 g/mol. The van der Waals surface area contributed by atoms with E-state index in [2.05, 4.69) is 51.4 Å². The van der Waals surface area contributed by atoms with E-state index in [1.165, 1.54) is 59.6 Å². The number of aliphatic hydroxyl groups is 4. The normalized spacial score (nSPS) is 22.4. The zero-order valence-corrected chi connectivity index (χ0v) is 46.6. The summed E-state index contributed by atoms with van der Waals surface area (Å²) in [4.78, 5) is 36.6. The minimum Gasteiger partial charge on any atom is -0.394 e. The van der Waals surface area contributed by atoms with Gasteiger partial charge >= 0.3 is 0 Å². The van der Waals surface area contributed by atoms with Gasteiger partial charge in [-0.2, -0.15) is 10.2 Å². The number of ether oxygens (including phenoxy) is 4. The van der Waals surface area contributed by atoms with Crippen LogP contribution in [-0.4, -0.2) is 161 Å². The predicted octanol–water partition coefficient (Wildman–Crippen LogP) is 5.16. The Hall–Kier alpha value is -7.20. The fourth-order valence-electron chi connectivity index (χ4n) is 9.67. The van der Waals surface area contributed by atoms with Crippen LogP contribution in [0, 0.1) is 48.8 Å². The Morgan fingerprint density at radius 2 is 0.976 bits per heavy atom. The van der Waals surface area contributed by atoms with Crippen LogP contribution in [-0.2, 0) is 28.5 Å². The number of aryl methyl sites for hydroxylation is 2. The molecule has 10 unspecified atom stereocenters. The highest BCUT2D eigenvalue weighted by atomic mass is 35.5. The molecule has 448 valence electrons. The number of carbonyl (C=O) groups excluding carboxylic acids is 2. The van der Waals surface area contributed by atoms with E-state index in [1.54, 1.807) is 0 Å². The number of aliphatic hydroxyl groups excluding tert-OH is 4. The molecule has 0 radical (unpaired) electrons. The number of nitrogens with one attached hydrogen (secondary N) is 2. The fourth-order valence-corrected chi connectivity index (χ4v) is 10.4. The molecule has 0 aliphatic carbocycles. The summed E-state index contributed by atoms with van der Waals surface area (Å²) in [5.74, 6) is -11.2. The quantitative estimate of drug-likeness (QED) is 0.0367. The standard InChI is InChI=1S/C51H44Cl4F6N14O10/c1-20-64-50(74(68-20)34-11-24(52)3-5-26(34)54)48-46(42(44(80)36(15-76)84-48)72-13-32(66-70-72)22-7-28(56)40(60)29(57)8-22)82-17-38(78)62-19-63-39(79)18-83-47-43(73-14-33(67-71-73)23-9-30(58)41(61)31(59)10-23)45(81)37(16-77)85-49(47)51-65-21(2)69-75(51)35-12-25(53)4-6-27(35)55/h3-14,36-37,42-49,76-77,80-81H,15-19H2,1-2H3,(H,62,78)(H,63,79). The summed E-state index contributed by atoms with van der Waals surface area (Å²) >= 11 is 25.9. The van der Waals surface area contributed by atoms with Crippen LogP contribution in [0.2, 0.25) is 20.1 Å². The molecule has 10 atom stereocenters. The number of carbonyl (C=O) groups is 2. The van der Waals surface area contributed by atoms with Crippen molar-refractivity contribution in [1.82, 2.24) is 70.2 Å². The smallest absolute Gasteiger partial charge is 0.247 e. The first-order valence-electron chi connectivity index (χ1n) is 25.2. The van der Waals surface area contributed by atoms with Gasteiger partial charge in [0.05, 0.1) is 53.7 Å². The van der Waals surface area contributed by atoms with E-state index >= 15 is 0 Å². The van der Waals surface area contributed by atoms with Crippen LogP contribution in [0.25, 0.3) is 33.9 Å². The van der Waals surface area contributed by atoms with Gasteiger partial charge in [0.25, 0.3) is 0 Å². The van der Waals surface area contributed by atoms with E-state index < -0.39 is 141 Å². The number of amides is 2. The highest BCUT2D eigenvalue weighted by Crippen LogP contribution is 2.43. The molecule has 10 rings (SSSR count). The van der Waals surface area contributed by atoms with Crippen LogP contribution in [0.15, 0.2) is 73.1 Å². The zero-order valence-electron chi connectivity index (χ0n) is 43.6. The largest absolute Gasteiger partial charge is 0.394 e. The van der Waals surface area contributed by atoms with E-state index in [1.807, 2.05) is 0 Å². The first-order chi connectivity index (χ1) is 40.6. The van der Waals surface area contributed by atoms with Crippen molar-refractivity contribution in [3.63, 3.8) is 0 Å². The summed E-state index contributed by atoms with van der Waals surface area (Å²) < 4.78 is 115. The van der Waals surface area contributed by atoms with Crippen LogP contribution in [0.4, 0.5) is 26.3 Å². The lowest BCUT2D eigenvalue weighted by Gasteiger charge is -2.43. The van der Waals surface area contributed by atoms with Gasteiger partial charge in [-0.15, -0.1) is 10.2 Å².